The van der Waals surface area contributed by atoms with E-state index in [1.165, 1.54) is 18.2 Å². The summed E-state index contributed by atoms with van der Waals surface area (Å²) in [4.78, 5) is 3.13. The molecule has 82 valence electrons. The zero-order valence-electron chi connectivity index (χ0n) is 6.95. The van der Waals surface area contributed by atoms with Gasteiger partial charge in [-0.2, -0.15) is 13.2 Å². The zero-order chi connectivity index (χ0) is 11.6. The molecule has 1 aromatic carbocycles. The van der Waals surface area contributed by atoms with Crippen LogP contribution >= 0.6 is 34.8 Å². The molecule has 15 heavy (non-hydrogen) atoms. The van der Waals surface area contributed by atoms with Crippen LogP contribution in [0.15, 0.2) is 23.2 Å². The number of halogens is 6. The highest BCUT2D eigenvalue weighted by Gasteiger charge is 2.34. The van der Waals surface area contributed by atoms with E-state index < -0.39 is 11.3 Å². The minimum absolute atomic E-state index is 0.0433. The molecule has 0 aliphatic carbocycles. The Balaban J connectivity index is 3.13. The van der Waals surface area contributed by atoms with E-state index in [1.54, 1.807) is 0 Å². The van der Waals surface area contributed by atoms with E-state index in [1.807, 2.05) is 0 Å². The molecule has 0 heterocycles. The quantitative estimate of drug-likeness (QED) is 0.652. The van der Waals surface area contributed by atoms with E-state index in [9.17, 15) is 13.2 Å². The molecule has 0 N–H and O–H groups in total. The molecule has 0 saturated heterocycles. The number of benzene rings is 1. The van der Waals surface area contributed by atoms with Gasteiger partial charge in [-0.15, -0.1) is 0 Å². The fraction of sp³-hybridized carbons (Fsp3) is 0.125. The molecular formula is C8H3Cl3F3N. The highest BCUT2D eigenvalue weighted by Crippen LogP contribution is 2.31. The predicted molar refractivity (Wildman–Crippen MR) is 55.5 cm³/mol. The number of nitrogens with zero attached hydrogens (tertiary/aromatic N) is 1. The van der Waals surface area contributed by atoms with Crippen molar-refractivity contribution in [3.05, 3.63) is 28.2 Å². The third kappa shape index (κ3) is 3.55. The Morgan fingerprint density at radius 1 is 1.20 bits per heavy atom. The molecule has 0 spiro atoms. The van der Waals surface area contributed by atoms with Crippen molar-refractivity contribution in [1.82, 2.24) is 0 Å². The lowest BCUT2D eigenvalue weighted by Crippen LogP contribution is -2.16. The molecule has 1 nitrogen and oxygen atoms in total. The maximum atomic E-state index is 12.0. The van der Waals surface area contributed by atoms with Crippen molar-refractivity contribution >= 4 is 45.7 Å². The van der Waals surface area contributed by atoms with Gasteiger partial charge in [-0.3, -0.25) is 0 Å². The second kappa shape index (κ2) is 4.60. The Kier molecular flexibility index (Phi) is 3.87. The lowest BCUT2D eigenvalue weighted by molar-refractivity contribution is -0.0558. The standard InChI is InChI=1S/C8H3Cl3F3N/c9-4-1-2-5(10)6(3-4)15-7(11)8(12,13)14/h1-3H. The van der Waals surface area contributed by atoms with Gasteiger partial charge in [-0.05, 0) is 18.2 Å². The first-order chi connectivity index (χ1) is 6.80. The van der Waals surface area contributed by atoms with Crippen LogP contribution in [0, 0.1) is 0 Å². The molecule has 7 heteroatoms. The van der Waals surface area contributed by atoms with Gasteiger partial charge in [0.15, 0.2) is 0 Å². The van der Waals surface area contributed by atoms with Crippen molar-refractivity contribution in [2.24, 2.45) is 4.99 Å². The molecular weight excluding hydrogens is 273 g/mol. The molecule has 0 unspecified atom stereocenters. The molecule has 0 aliphatic rings. The predicted octanol–water partition coefficient (Wildman–Crippen LogP) is 4.82. The molecule has 0 atom stereocenters. The first-order valence-electron chi connectivity index (χ1n) is 3.57. The van der Waals surface area contributed by atoms with Crippen LogP contribution in [-0.2, 0) is 0 Å². The van der Waals surface area contributed by atoms with Crippen LogP contribution in [0.25, 0.3) is 0 Å². The molecule has 0 radical (unpaired) electrons. The topological polar surface area (TPSA) is 12.4 Å². The maximum Gasteiger partial charge on any atom is 0.444 e. The minimum atomic E-state index is -4.69. The van der Waals surface area contributed by atoms with Gasteiger partial charge in [-0.25, -0.2) is 4.99 Å². The number of hydrogen-bond acceptors (Lipinski definition) is 1. The summed E-state index contributed by atoms with van der Waals surface area (Å²) >= 11 is 16.1. The van der Waals surface area contributed by atoms with Crippen molar-refractivity contribution in [3.63, 3.8) is 0 Å². The number of aliphatic imine (C=N–C) groups is 1. The molecule has 0 aliphatic heterocycles. The SMILES string of the molecule is FC(F)(F)C(Cl)=Nc1cc(Cl)ccc1Cl. The van der Waals surface area contributed by atoms with Gasteiger partial charge >= 0.3 is 6.18 Å². The summed E-state index contributed by atoms with van der Waals surface area (Å²) in [6, 6.07) is 3.96. The smallest absolute Gasteiger partial charge is 0.231 e. The third-order valence-electron chi connectivity index (χ3n) is 1.36. The molecule has 1 rings (SSSR count). The van der Waals surface area contributed by atoms with E-state index >= 15 is 0 Å². The normalized spacial score (nSPS) is 13.1. The fourth-order valence-electron chi connectivity index (χ4n) is 0.741. The van der Waals surface area contributed by atoms with Crippen molar-refractivity contribution < 1.29 is 13.2 Å². The summed E-state index contributed by atoms with van der Waals surface area (Å²) in [5.41, 5.74) is -0.119. The lowest BCUT2D eigenvalue weighted by atomic mass is 10.3. The lowest BCUT2D eigenvalue weighted by Gasteiger charge is -2.04. The zero-order valence-corrected chi connectivity index (χ0v) is 9.21. The Morgan fingerprint density at radius 2 is 1.80 bits per heavy atom. The van der Waals surface area contributed by atoms with Crippen molar-refractivity contribution in [1.29, 1.82) is 0 Å². The summed E-state index contributed by atoms with van der Waals surface area (Å²) in [5.74, 6) is 0. The van der Waals surface area contributed by atoms with E-state index in [0.717, 1.165) is 0 Å². The van der Waals surface area contributed by atoms with Gasteiger partial charge in [0.25, 0.3) is 0 Å². The van der Waals surface area contributed by atoms with E-state index in [4.69, 9.17) is 34.8 Å². The Hall–Kier alpha value is -0.450. The van der Waals surface area contributed by atoms with Crippen LogP contribution in [0.4, 0.5) is 18.9 Å². The molecule has 0 aromatic heterocycles. The molecule has 0 saturated carbocycles. The fourth-order valence-corrected chi connectivity index (χ4v) is 1.16. The highest BCUT2D eigenvalue weighted by molar-refractivity contribution is 6.67. The van der Waals surface area contributed by atoms with Crippen LogP contribution < -0.4 is 0 Å². The largest absolute Gasteiger partial charge is 0.444 e. The van der Waals surface area contributed by atoms with E-state index in [-0.39, 0.29) is 15.7 Å². The molecule has 1 aromatic rings. The summed E-state index contributed by atoms with van der Waals surface area (Å²) in [5, 5.41) is -1.22. The van der Waals surface area contributed by atoms with Crippen LogP contribution in [0.5, 0.6) is 0 Å². The van der Waals surface area contributed by atoms with Crippen molar-refractivity contribution in [3.8, 4) is 0 Å². The van der Waals surface area contributed by atoms with Gasteiger partial charge in [0.05, 0.1) is 10.7 Å². The monoisotopic (exact) mass is 275 g/mol. The third-order valence-corrected chi connectivity index (χ3v) is 2.21. The molecule has 0 bridgehead atoms. The summed E-state index contributed by atoms with van der Waals surface area (Å²) < 4.78 is 36.1. The van der Waals surface area contributed by atoms with Crippen molar-refractivity contribution in [2.75, 3.05) is 0 Å². The van der Waals surface area contributed by atoms with Gasteiger partial charge in [0.1, 0.15) is 0 Å². The molecule has 0 amide bonds. The van der Waals surface area contributed by atoms with Crippen LogP contribution in [0.2, 0.25) is 10.0 Å². The highest BCUT2D eigenvalue weighted by atomic mass is 35.5. The van der Waals surface area contributed by atoms with Gasteiger partial charge in [-0.1, -0.05) is 34.8 Å². The second-order valence-corrected chi connectivity index (χ2v) is 3.70. The first kappa shape index (κ1) is 12.6. The first-order valence-corrected chi connectivity index (χ1v) is 4.70. The Morgan fingerprint density at radius 3 is 2.33 bits per heavy atom. The van der Waals surface area contributed by atoms with Crippen LogP contribution in [-0.4, -0.2) is 11.3 Å². The van der Waals surface area contributed by atoms with E-state index in [0.29, 0.717) is 0 Å². The van der Waals surface area contributed by atoms with Gasteiger partial charge in [0.2, 0.25) is 5.17 Å². The second-order valence-electron chi connectivity index (χ2n) is 2.50. The molecule has 0 fully saturated rings. The Bertz CT molecular complexity index is 401. The average Bonchev–Trinajstić information content (AvgIpc) is 2.09. The summed E-state index contributed by atoms with van der Waals surface area (Å²) in [7, 11) is 0. The number of alkyl halides is 3. The number of hydrogen-bond donors (Lipinski definition) is 0. The van der Waals surface area contributed by atoms with Crippen molar-refractivity contribution in [2.45, 2.75) is 6.18 Å². The number of rotatable bonds is 1. The average molecular weight is 276 g/mol. The van der Waals surface area contributed by atoms with Gasteiger partial charge in [0, 0.05) is 5.02 Å². The van der Waals surface area contributed by atoms with Gasteiger partial charge < -0.3 is 0 Å². The summed E-state index contributed by atoms with van der Waals surface area (Å²) in [6.07, 6.45) is -4.69. The summed E-state index contributed by atoms with van der Waals surface area (Å²) in [6.45, 7) is 0. The van der Waals surface area contributed by atoms with Crippen LogP contribution in [0.3, 0.4) is 0 Å². The van der Waals surface area contributed by atoms with Crippen LogP contribution in [0.1, 0.15) is 0 Å². The van der Waals surface area contributed by atoms with E-state index in [2.05, 4.69) is 4.99 Å². The maximum absolute atomic E-state index is 12.0. The Labute approximate surface area is 98.5 Å². The minimum Gasteiger partial charge on any atom is -0.231 e.